The first kappa shape index (κ1) is 20.2. The molecule has 1 aromatic carbocycles. The van der Waals surface area contributed by atoms with E-state index in [-0.39, 0.29) is 5.69 Å². The van der Waals surface area contributed by atoms with Crippen molar-refractivity contribution in [2.75, 3.05) is 0 Å². The van der Waals surface area contributed by atoms with E-state index >= 15 is 0 Å². The van der Waals surface area contributed by atoms with Crippen LogP contribution in [0.2, 0.25) is 0 Å². The zero-order chi connectivity index (χ0) is 22.2. The maximum atomic E-state index is 12.5. The summed E-state index contributed by atoms with van der Waals surface area (Å²) in [5.74, 6) is 0. The van der Waals surface area contributed by atoms with Crippen molar-refractivity contribution in [1.29, 1.82) is 0 Å². The molecule has 0 amide bonds. The van der Waals surface area contributed by atoms with Gasteiger partial charge in [-0.2, -0.15) is 0 Å². The molecule has 0 aliphatic carbocycles. The van der Waals surface area contributed by atoms with Gasteiger partial charge in [0.15, 0.2) is 0 Å². The SMILES string of the molecule is CC(C)(C)OC(=O)n1ccc2ccc(Cn3cc(-c4cncc([N+](=O)[O-])c4)nn3)cc21. The number of pyridine rings is 1. The number of ether oxygens (including phenoxy) is 1. The maximum Gasteiger partial charge on any atom is 0.418 e. The molecule has 0 fully saturated rings. The van der Waals surface area contributed by atoms with Crippen molar-refractivity contribution < 1.29 is 14.5 Å². The van der Waals surface area contributed by atoms with E-state index in [0.29, 0.717) is 17.8 Å². The van der Waals surface area contributed by atoms with E-state index in [1.807, 2.05) is 45.0 Å². The fourth-order valence-corrected chi connectivity index (χ4v) is 3.11. The van der Waals surface area contributed by atoms with Crippen LogP contribution in [0.25, 0.3) is 22.2 Å². The second kappa shape index (κ2) is 7.63. The monoisotopic (exact) mass is 420 g/mol. The molecule has 31 heavy (non-hydrogen) atoms. The molecule has 0 aliphatic rings. The van der Waals surface area contributed by atoms with Crippen LogP contribution < -0.4 is 0 Å². The number of nitrogens with zero attached hydrogens (tertiary/aromatic N) is 6. The minimum absolute atomic E-state index is 0.111. The second-order valence-corrected chi connectivity index (χ2v) is 8.05. The first-order valence-electron chi connectivity index (χ1n) is 9.53. The summed E-state index contributed by atoms with van der Waals surface area (Å²) in [7, 11) is 0. The maximum absolute atomic E-state index is 12.5. The van der Waals surface area contributed by atoms with Gasteiger partial charge in [-0.05, 0) is 38.5 Å². The Balaban J connectivity index is 1.58. The van der Waals surface area contributed by atoms with Crippen LogP contribution in [0.1, 0.15) is 26.3 Å². The highest BCUT2D eigenvalue weighted by molar-refractivity contribution is 5.90. The lowest BCUT2D eigenvalue weighted by Gasteiger charge is -2.19. The van der Waals surface area contributed by atoms with Crippen LogP contribution >= 0.6 is 0 Å². The quantitative estimate of drug-likeness (QED) is 0.361. The summed E-state index contributed by atoms with van der Waals surface area (Å²) in [4.78, 5) is 26.8. The summed E-state index contributed by atoms with van der Waals surface area (Å²) in [6.45, 7) is 5.87. The Bertz CT molecular complexity index is 1280. The molecule has 3 aromatic heterocycles. The molecule has 0 radical (unpaired) electrons. The van der Waals surface area contributed by atoms with Crippen molar-refractivity contribution >= 4 is 22.7 Å². The third-order valence-corrected chi connectivity index (χ3v) is 4.46. The predicted molar refractivity (Wildman–Crippen MR) is 113 cm³/mol. The Hall–Kier alpha value is -4.08. The second-order valence-electron chi connectivity index (χ2n) is 8.05. The van der Waals surface area contributed by atoms with E-state index < -0.39 is 16.6 Å². The van der Waals surface area contributed by atoms with E-state index in [1.54, 1.807) is 17.1 Å². The predicted octanol–water partition coefficient (Wildman–Crippen LogP) is 4.03. The van der Waals surface area contributed by atoms with Crippen molar-refractivity contribution in [3.63, 3.8) is 0 Å². The van der Waals surface area contributed by atoms with Gasteiger partial charge in [-0.3, -0.25) is 19.7 Å². The van der Waals surface area contributed by atoms with Crippen molar-refractivity contribution in [2.45, 2.75) is 32.9 Å². The van der Waals surface area contributed by atoms with Gasteiger partial charge in [0.1, 0.15) is 17.5 Å². The third-order valence-electron chi connectivity index (χ3n) is 4.46. The summed E-state index contributed by atoms with van der Waals surface area (Å²) in [6.07, 6.45) is 5.62. The van der Waals surface area contributed by atoms with Gasteiger partial charge in [-0.25, -0.2) is 9.48 Å². The summed E-state index contributed by atoms with van der Waals surface area (Å²) in [5.41, 5.74) is 1.92. The number of hydrogen-bond acceptors (Lipinski definition) is 7. The normalized spacial score (nSPS) is 11.6. The number of carbonyl (C=O) groups is 1. The molecular formula is C21H20N6O4. The van der Waals surface area contributed by atoms with Crippen molar-refractivity contribution in [3.8, 4) is 11.3 Å². The Morgan fingerprint density at radius 3 is 2.74 bits per heavy atom. The number of rotatable bonds is 4. The molecule has 4 aromatic rings. The van der Waals surface area contributed by atoms with Crippen molar-refractivity contribution in [2.24, 2.45) is 0 Å². The first-order chi connectivity index (χ1) is 14.7. The number of benzene rings is 1. The Kier molecular flexibility index (Phi) is 4.97. The molecule has 0 saturated heterocycles. The molecule has 10 nitrogen and oxygen atoms in total. The zero-order valence-corrected chi connectivity index (χ0v) is 17.2. The topological polar surface area (TPSA) is 118 Å². The average Bonchev–Trinajstić information content (AvgIpc) is 3.33. The van der Waals surface area contributed by atoms with E-state index in [4.69, 9.17) is 4.74 Å². The van der Waals surface area contributed by atoms with Crippen LogP contribution in [0.15, 0.2) is 55.1 Å². The molecule has 0 N–H and O–H groups in total. The van der Waals surface area contributed by atoms with Crippen LogP contribution in [0, 0.1) is 10.1 Å². The number of hydrogen-bond donors (Lipinski definition) is 0. The van der Waals surface area contributed by atoms with Crippen LogP contribution in [0.3, 0.4) is 0 Å². The minimum atomic E-state index is -0.593. The average molecular weight is 420 g/mol. The van der Waals surface area contributed by atoms with Gasteiger partial charge < -0.3 is 4.74 Å². The summed E-state index contributed by atoms with van der Waals surface area (Å²) < 4.78 is 8.57. The Morgan fingerprint density at radius 2 is 2.00 bits per heavy atom. The molecule has 10 heteroatoms. The third kappa shape index (κ3) is 4.42. The summed E-state index contributed by atoms with van der Waals surface area (Å²) >= 11 is 0. The van der Waals surface area contributed by atoms with Crippen LogP contribution in [-0.4, -0.2) is 41.2 Å². The highest BCUT2D eigenvalue weighted by Crippen LogP contribution is 2.22. The molecule has 0 bridgehead atoms. The van der Waals surface area contributed by atoms with Gasteiger partial charge in [0.05, 0.1) is 23.2 Å². The van der Waals surface area contributed by atoms with Crippen LogP contribution in [0.5, 0.6) is 0 Å². The number of carbonyl (C=O) groups excluding carboxylic acids is 1. The highest BCUT2D eigenvalue weighted by Gasteiger charge is 2.19. The molecule has 3 heterocycles. The summed E-state index contributed by atoms with van der Waals surface area (Å²) in [5, 5.41) is 20.1. The molecule has 0 unspecified atom stereocenters. The lowest BCUT2D eigenvalue weighted by Crippen LogP contribution is -2.26. The van der Waals surface area contributed by atoms with Gasteiger partial charge >= 0.3 is 6.09 Å². The summed E-state index contributed by atoms with van der Waals surface area (Å²) in [6, 6.07) is 9.02. The number of aromatic nitrogens is 5. The van der Waals surface area contributed by atoms with Crippen LogP contribution in [0.4, 0.5) is 10.5 Å². The van der Waals surface area contributed by atoms with Gasteiger partial charge in [-0.15, -0.1) is 5.10 Å². The van der Waals surface area contributed by atoms with E-state index in [0.717, 1.165) is 16.5 Å². The fourth-order valence-electron chi connectivity index (χ4n) is 3.11. The minimum Gasteiger partial charge on any atom is -0.443 e. The molecule has 4 rings (SSSR count). The van der Waals surface area contributed by atoms with E-state index in [1.165, 1.54) is 23.0 Å². The lowest BCUT2D eigenvalue weighted by molar-refractivity contribution is -0.385. The van der Waals surface area contributed by atoms with Gasteiger partial charge in [0, 0.05) is 29.4 Å². The lowest BCUT2D eigenvalue weighted by atomic mass is 10.1. The van der Waals surface area contributed by atoms with E-state index in [9.17, 15) is 14.9 Å². The standard InChI is InChI=1S/C21H20N6O4/c1-21(2,3)31-20(28)26-7-6-15-5-4-14(8-19(15)26)12-25-13-18(23-24-25)16-9-17(27(29)30)11-22-10-16/h4-11,13H,12H2,1-3H3. The fraction of sp³-hybridized carbons (Fsp3) is 0.238. The zero-order valence-electron chi connectivity index (χ0n) is 17.2. The number of nitro groups is 1. The number of fused-ring (bicyclic) bond motifs is 1. The smallest absolute Gasteiger partial charge is 0.418 e. The van der Waals surface area contributed by atoms with E-state index in [2.05, 4.69) is 15.3 Å². The molecule has 0 saturated carbocycles. The highest BCUT2D eigenvalue weighted by atomic mass is 16.6. The Labute approximate surface area is 177 Å². The largest absolute Gasteiger partial charge is 0.443 e. The first-order valence-corrected chi connectivity index (χ1v) is 9.53. The van der Waals surface area contributed by atoms with Crippen LogP contribution in [-0.2, 0) is 11.3 Å². The molecular weight excluding hydrogens is 400 g/mol. The molecule has 0 aliphatic heterocycles. The molecule has 0 atom stereocenters. The molecule has 0 spiro atoms. The van der Waals surface area contributed by atoms with Gasteiger partial charge in [0.2, 0.25) is 0 Å². The van der Waals surface area contributed by atoms with Gasteiger partial charge in [-0.1, -0.05) is 17.3 Å². The molecule has 158 valence electrons. The van der Waals surface area contributed by atoms with Crippen molar-refractivity contribution in [3.05, 3.63) is 70.8 Å². The Morgan fingerprint density at radius 1 is 1.19 bits per heavy atom. The van der Waals surface area contributed by atoms with Gasteiger partial charge in [0.25, 0.3) is 5.69 Å². The van der Waals surface area contributed by atoms with Crippen molar-refractivity contribution in [1.82, 2.24) is 24.5 Å².